The number of methoxy groups -OCH3 is 1. The van der Waals surface area contributed by atoms with Crippen molar-refractivity contribution in [3.05, 3.63) is 34.8 Å². The highest BCUT2D eigenvalue weighted by molar-refractivity contribution is 7.15. The standard InChI is InChI=1S/C15H17N3O3S/c1-10-8-16-14(22-10)17-15(19)18-5-6-21-13-7-12(20-2)4-3-11(13)9-18/h3-4,7-8H,5-6,9H2,1-2H3,(H,16,17,19). The largest absolute Gasteiger partial charge is 0.497 e. The zero-order valence-electron chi connectivity index (χ0n) is 12.5. The molecule has 0 fully saturated rings. The van der Waals surface area contributed by atoms with E-state index in [-0.39, 0.29) is 6.03 Å². The summed E-state index contributed by atoms with van der Waals surface area (Å²) in [6.07, 6.45) is 1.74. The molecule has 1 aromatic heterocycles. The first kappa shape index (κ1) is 14.6. The zero-order valence-corrected chi connectivity index (χ0v) is 13.3. The van der Waals surface area contributed by atoms with Gasteiger partial charge < -0.3 is 14.4 Å². The average molecular weight is 319 g/mol. The van der Waals surface area contributed by atoms with Crippen LogP contribution in [0.25, 0.3) is 0 Å². The van der Waals surface area contributed by atoms with E-state index in [1.807, 2.05) is 25.1 Å². The number of hydrogen-bond acceptors (Lipinski definition) is 5. The molecule has 3 rings (SSSR count). The summed E-state index contributed by atoms with van der Waals surface area (Å²) in [7, 11) is 1.62. The number of carbonyl (C=O) groups excluding carboxylic acids is 1. The molecule has 1 N–H and O–H groups in total. The van der Waals surface area contributed by atoms with E-state index >= 15 is 0 Å². The lowest BCUT2D eigenvalue weighted by Gasteiger charge is -2.19. The molecular formula is C15H17N3O3S. The summed E-state index contributed by atoms with van der Waals surface area (Å²) >= 11 is 1.46. The molecule has 0 aliphatic carbocycles. The van der Waals surface area contributed by atoms with Crippen LogP contribution in [-0.2, 0) is 6.54 Å². The number of urea groups is 1. The third-order valence-corrected chi connectivity index (χ3v) is 4.20. The summed E-state index contributed by atoms with van der Waals surface area (Å²) in [5.74, 6) is 1.51. The van der Waals surface area contributed by atoms with E-state index in [4.69, 9.17) is 9.47 Å². The summed E-state index contributed by atoms with van der Waals surface area (Å²) in [6, 6.07) is 5.48. The van der Waals surface area contributed by atoms with Crippen molar-refractivity contribution in [2.45, 2.75) is 13.5 Å². The predicted octanol–water partition coefficient (Wildman–Crippen LogP) is 2.89. The molecule has 116 valence electrons. The highest BCUT2D eigenvalue weighted by Gasteiger charge is 2.21. The first-order valence-corrected chi connectivity index (χ1v) is 7.75. The van der Waals surface area contributed by atoms with Gasteiger partial charge >= 0.3 is 6.03 Å². The van der Waals surface area contributed by atoms with Crippen LogP contribution in [0.2, 0.25) is 0 Å². The molecule has 6 nitrogen and oxygen atoms in total. The van der Waals surface area contributed by atoms with Crippen LogP contribution in [0.3, 0.4) is 0 Å². The number of nitrogens with one attached hydrogen (secondary N) is 1. The van der Waals surface area contributed by atoms with Crippen molar-refractivity contribution in [1.82, 2.24) is 9.88 Å². The van der Waals surface area contributed by atoms with Crippen molar-refractivity contribution in [3.8, 4) is 11.5 Å². The Balaban J connectivity index is 1.73. The molecule has 22 heavy (non-hydrogen) atoms. The molecule has 0 radical (unpaired) electrons. The van der Waals surface area contributed by atoms with Crippen molar-refractivity contribution in [2.24, 2.45) is 0 Å². The lowest BCUT2D eigenvalue weighted by atomic mass is 10.2. The molecule has 0 saturated carbocycles. The highest BCUT2D eigenvalue weighted by Crippen LogP contribution is 2.28. The van der Waals surface area contributed by atoms with Gasteiger partial charge in [0.15, 0.2) is 5.13 Å². The van der Waals surface area contributed by atoms with Gasteiger partial charge in [0.05, 0.1) is 20.2 Å². The zero-order chi connectivity index (χ0) is 15.5. The molecule has 0 saturated heterocycles. The fraction of sp³-hybridized carbons (Fsp3) is 0.333. The van der Waals surface area contributed by atoms with Crippen molar-refractivity contribution in [3.63, 3.8) is 0 Å². The molecule has 0 atom stereocenters. The summed E-state index contributed by atoms with van der Waals surface area (Å²) in [5, 5.41) is 3.44. The minimum Gasteiger partial charge on any atom is -0.497 e. The summed E-state index contributed by atoms with van der Waals surface area (Å²) in [5.41, 5.74) is 0.962. The van der Waals surface area contributed by atoms with E-state index in [1.54, 1.807) is 18.2 Å². The molecule has 7 heteroatoms. The van der Waals surface area contributed by atoms with Crippen LogP contribution in [0.4, 0.5) is 9.93 Å². The third kappa shape index (κ3) is 3.14. The SMILES string of the molecule is COc1ccc2c(c1)OCCN(C(=O)Nc1ncc(C)s1)C2. The number of ether oxygens (including phenoxy) is 2. The Morgan fingerprint density at radius 3 is 3.09 bits per heavy atom. The van der Waals surface area contributed by atoms with Crippen LogP contribution in [0, 0.1) is 6.92 Å². The Hall–Kier alpha value is -2.28. The maximum absolute atomic E-state index is 12.4. The number of fused-ring (bicyclic) bond motifs is 1. The number of thiazole rings is 1. The predicted molar refractivity (Wildman–Crippen MR) is 84.8 cm³/mol. The first-order chi connectivity index (χ1) is 10.7. The van der Waals surface area contributed by atoms with Gasteiger partial charge in [0.1, 0.15) is 18.1 Å². The summed E-state index contributed by atoms with van der Waals surface area (Å²) in [4.78, 5) is 19.3. The number of rotatable bonds is 2. The van der Waals surface area contributed by atoms with Crippen LogP contribution in [0.1, 0.15) is 10.4 Å². The fourth-order valence-corrected chi connectivity index (χ4v) is 2.89. The Labute approximate surface area is 132 Å². The van der Waals surface area contributed by atoms with E-state index in [2.05, 4.69) is 10.3 Å². The topological polar surface area (TPSA) is 63.7 Å². The lowest BCUT2D eigenvalue weighted by Crippen LogP contribution is -2.36. The maximum Gasteiger partial charge on any atom is 0.324 e. The Morgan fingerprint density at radius 2 is 2.36 bits per heavy atom. The fourth-order valence-electron chi connectivity index (χ4n) is 2.23. The van der Waals surface area contributed by atoms with Gasteiger partial charge in [0.25, 0.3) is 0 Å². The van der Waals surface area contributed by atoms with E-state index in [0.29, 0.717) is 24.8 Å². The molecule has 2 aromatic rings. The van der Waals surface area contributed by atoms with Gasteiger partial charge in [0.2, 0.25) is 0 Å². The molecule has 1 aliphatic heterocycles. The second kappa shape index (κ2) is 6.23. The van der Waals surface area contributed by atoms with E-state index in [9.17, 15) is 4.79 Å². The van der Waals surface area contributed by atoms with Gasteiger partial charge in [-0.25, -0.2) is 9.78 Å². The first-order valence-electron chi connectivity index (χ1n) is 6.94. The van der Waals surface area contributed by atoms with Crippen LogP contribution < -0.4 is 14.8 Å². The second-order valence-electron chi connectivity index (χ2n) is 4.95. The van der Waals surface area contributed by atoms with Crippen LogP contribution in [-0.4, -0.2) is 36.2 Å². The minimum absolute atomic E-state index is 0.165. The Morgan fingerprint density at radius 1 is 1.50 bits per heavy atom. The monoisotopic (exact) mass is 319 g/mol. The minimum atomic E-state index is -0.165. The van der Waals surface area contributed by atoms with E-state index in [0.717, 1.165) is 21.9 Å². The van der Waals surface area contributed by atoms with E-state index < -0.39 is 0 Å². The number of carbonyl (C=O) groups is 1. The van der Waals surface area contributed by atoms with Crippen LogP contribution in [0.15, 0.2) is 24.4 Å². The van der Waals surface area contributed by atoms with Gasteiger partial charge in [-0.1, -0.05) is 0 Å². The number of benzene rings is 1. The van der Waals surface area contributed by atoms with Crippen molar-refractivity contribution in [1.29, 1.82) is 0 Å². The number of aromatic nitrogens is 1. The molecule has 1 aromatic carbocycles. The summed E-state index contributed by atoms with van der Waals surface area (Å²) < 4.78 is 10.9. The molecule has 0 spiro atoms. The third-order valence-electron chi connectivity index (χ3n) is 3.38. The van der Waals surface area contributed by atoms with Gasteiger partial charge in [-0.3, -0.25) is 5.32 Å². The van der Waals surface area contributed by atoms with Crippen molar-refractivity contribution in [2.75, 3.05) is 25.6 Å². The van der Waals surface area contributed by atoms with Gasteiger partial charge in [0, 0.05) is 22.7 Å². The van der Waals surface area contributed by atoms with Gasteiger partial charge in [-0.2, -0.15) is 0 Å². The molecular weight excluding hydrogens is 302 g/mol. The number of amides is 2. The van der Waals surface area contributed by atoms with Crippen molar-refractivity contribution < 1.29 is 14.3 Å². The molecule has 2 amide bonds. The van der Waals surface area contributed by atoms with Crippen molar-refractivity contribution >= 4 is 22.5 Å². The van der Waals surface area contributed by atoms with E-state index in [1.165, 1.54) is 11.3 Å². The Kier molecular flexibility index (Phi) is 4.15. The molecule has 1 aliphatic rings. The Bertz CT molecular complexity index is 686. The number of aryl methyl sites for hydroxylation is 1. The number of hydrogen-bond donors (Lipinski definition) is 1. The molecule has 2 heterocycles. The van der Waals surface area contributed by atoms with Crippen LogP contribution >= 0.6 is 11.3 Å². The average Bonchev–Trinajstić information content (AvgIpc) is 2.81. The second-order valence-corrected chi connectivity index (χ2v) is 6.18. The van der Waals surface area contributed by atoms with Gasteiger partial charge in [-0.05, 0) is 19.1 Å². The normalized spacial score (nSPS) is 13.8. The highest BCUT2D eigenvalue weighted by atomic mass is 32.1. The smallest absolute Gasteiger partial charge is 0.324 e. The number of nitrogens with zero attached hydrogens (tertiary/aromatic N) is 2. The van der Waals surface area contributed by atoms with Gasteiger partial charge in [-0.15, -0.1) is 11.3 Å². The number of anilines is 1. The summed E-state index contributed by atoms with van der Waals surface area (Å²) in [6.45, 7) is 3.42. The maximum atomic E-state index is 12.4. The van der Waals surface area contributed by atoms with Crippen LogP contribution in [0.5, 0.6) is 11.5 Å². The lowest BCUT2D eigenvalue weighted by molar-refractivity contribution is 0.200. The molecule has 0 bridgehead atoms. The quantitative estimate of drug-likeness (QED) is 0.924. The molecule has 0 unspecified atom stereocenters.